The zero-order valence-electron chi connectivity index (χ0n) is 21.0. The molecule has 208 valence electrons. The second-order valence-electron chi connectivity index (χ2n) is 9.71. The van der Waals surface area contributed by atoms with Crippen molar-refractivity contribution in [2.75, 3.05) is 42.7 Å². The molecule has 0 saturated carbocycles. The van der Waals surface area contributed by atoms with Crippen LogP contribution in [0.4, 0.5) is 30.6 Å². The minimum Gasteiger partial charge on any atom is -0.406 e. The summed E-state index contributed by atoms with van der Waals surface area (Å²) in [5, 5.41) is 6.75. The molecule has 0 radical (unpaired) electrons. The first-order chi connectivity index (χ1) is 18.3. The van der Waals surface area contributed by atoms with E-state index in [0.717, 1.165) is 41.5 Å². The number of piperidine rings is 1. The highest BCUT2D eigenvalue weighted by molar-refractivity contribution is 7.89. The first-order valence-electron chi connectivity index (χ1n) is 11.9. The van der Waals surface area contributed by atoms with E-state index in [-0.39, 0.29) is 28.8 Å². The Hall–Kier alpha value is -3.95. The fourth-order valence-corrected chi connectivity index (χ4v) is 5.26. The monoisotopic (exact) mass is 566 g/mol. The minimum atomic E-state index is -4.86. The molecule has 2 aliphatic rings. The van der Waals surface area contributed by atoms with E-state index in [1.54, 1.807) is 13.0 Å². The molecule has 2 saturated heterocycles. The summed E-state index contributed by atoms with van der Waals surface area (Å²) in [6.45, 7) is 4.35. The van der Waals surface area contributed by atoms with Crippen molar-refractivity contribution >= 4 is 33.4 Å². The first-order valence-corrected chi connectivity index (χ1v) is 13.8. The number of pyridine rings is 1. The molecule has 1 N–H and O–H groups in total. The third kappa shape index (κ3) is 6.05. The number of hydrogen-bond donors (Lipinski definition) is 1. The van der Waals surface area contributed by atoms with E-state index in [1.807, 2.05) is 9.80 Å². The number of anilines is 3. The molecule has 0 aliphatic carbocycles. The molecule has 5 heterocycles. The van der Waals surface area contributed by atoms with E-state index >= 15 is 0 Å². The fourth-order valence-electron chi connectivity index (χ4n) is 4.74. The van der Waals surface area contributed by atoms with Gasteiger partial charge in [0.05, 0.1) is 24.2 Å². The molecule has 16 heteroatoms. The number of halogens is 3. The predicted octanol–water partition coefficient (Wildman–Crippen LogP) is 2.63. The average molecular weight is 567 g/mol. The number of nitrogens with one attached hydrogen (secondary N) is 1. The summed E-state index contributed by atoms with van der Waals surface area (Å²) in [6, 6.07) is 3.80. The molecule has 5 rings (SSSR count). The molecule has 3 aromatic heterocycles. The van der Waals surface area contributed by atoms with Crippen molar-refractivity contribution in [1.82, 2.24) is 29.0 Å². The lowest BCUT2D eigenvalue weighted by molar-refractivity contribution is -0.274. The highest BCUT2D eigenvalue weighted by Gasteiger charge is 2.46. The van der Waals surface area contributed by atoms with Gasteiger partial charge in [0.2, 0.25) is 5.91 Å². The average Bonchev–Trinajstić information content (AvgIpc) is 3.33. The van der Waals surface area contributed by atoms with Crippen molar-refractivity contribution in [3.05, 3.63) is 36.8 Å². The maximum atomic E-state index is 12.7. The highest BCUT2D eigenvalue weighted by atomic mass is 32.2. The van der Waals surface area contributed by atoms with Crippen molar-refractivity contribution < 1.29 is 31.1 Å². The van der Waals surface area contributed by atoms with Gasteiger partial charge in [0.15, 0.2) is 5.82 Å². The molecule has 2 fully saturated rings. The van der Waals surface area contributed by atoms with Crippen LogP contribution in [0.25, 0.3) is 11.4 Å². The molecule has 0 bridgehead atoms. The fraction of sp³-hybridized carbons (Fsp3) is 0.435. The summed E-state index contributed by atoms with van der Waals surface area (Å²) in [5.74, 6) is 0.592. The van der Waals surface area contributed by atoms with Gasteiger partial charge in [-0.3, -0.25) is 4.79 Å². The van der Waals surface area contributed by atoms with Crippen LogP contribution < -0.4 is 15.0 Å². The molecular weight excluding hydrogens is 541 g/mol. The maximum Gasteiger partial charge on any atom is 0.573 e. The molecule has 39 heavy (non-hydrogen) atoms. The molecule has 2 aliphatic heterocycles. The van der Waals surface area contributed by atoms with Gasteiger partial charge in [-0.25, -0.2) is 23.4 Å². The number of hydrogen-bond acceptors (Lipinski definition) is 10. The number of nitrogens with zero attached hydrogens (tertiary/aromatic N) is 7. The summed E-state index contributed by atoms with van der Waals surface area (Å²) in [6.07, 6.45) is 1.63. The van der Waals surface area contributed by atoms with E-state index in [4.69, 9.17) is 0 Å². The zero-order chi connectivity index (χ0) is 28.0. The molecule has 0 aromatic carbocycles. The lowest BCUT2D eigenvalue weighted by Crippen LogP contribution is -2.61. The summed E-state index contributed by atoms with van der Waals surface area (Å²) in [7, 11) is -3.64. The van der Waals surface area contributed by atoms with Gasteiger partial charge in [-0.2, -0.15) is 9.19 Å². The van der Waals surface area contributed by atoms with Gasteiger partial charge in [0, 0.05) is 56.8 Å². The van der Waals surface area contributed by atoms with Gasteiger partial charge in [0.1, 0.15) is 23.2 Å². The SMILES string of the molecule is CC(=O)N1CCC2(CC1)CN(c1cc(Nc3cc(OC(F)(F)F)ccn3)nc(-c3cnn(S(C)(=O)=O)c3)n1)C2. The lowest BCUT2D eigenvalue weighted by atomic mass is 9.72. The van der Waals surface area contributed by atoms with Gasteiger partial charge in [-0.05, 0) is 18.9 Å². The molecule has 1 amide bonds. The van der Waals surface area contributed by atoms with E-state index in [0.29, 0.717) is 37.6 Å². The van der Waals surface area contributed by atoms with Crippen LogP contribution in [0.2, 0.25) is 0 Å². The lowest BCUT2D eigenvalue weighted by Gasteiger charge is -2.54. The summed E-state index contributed by atoms with van der Waals surface area (Å²) in [4.78, 5) is 28.7. The van der Waals surface area contributed by atoms with E-state index < -0.39 is 22.1 Å². The Labute approximate surface area is 221 Å². The predicted molar refractivity (Wildman–Crippen MR) is 134 cm³/mol. The van der Waals surface area contributed by atoms with Crippen LogP contribution in [0.5, 0.6) is 5.75 Å². The van der Waals surface area contributed by atoms with Crippen molar-refractivity contribution in [2.45, 2.75) is 26.1 Å². The number of ether oxygens (including phenoxy) is 1. The first kappa shape index (κ1) is 26.6. The maximum absolute atomic E-state index is 12.7. The molecule has 1 spiro atoms. The number of aromatic nitrogens is 5. The van der Waals surface area contributed by atoms with Crippen LogP contribution in [0.15, 0.2) is 36.8 Å². The number of amides is 1. The standard InChI is InChI=1S/C23H25F3N8O4S/c1-15(35)32-7-4-22(5-8-32)13-33(14-22)20-10-19(29-18-9-17(3-6-27-18)38-23(24,25)26)30-21(31-20)16-11-28-34(12-16)39(2,36)37/h3,6,9-12H,4-5,7-8,13-14H2,1-2H3,(H,27,29,30,31). The van der Waals surface area contributed by atoms with Crippen molar-refractivity contribution in [1.29, 1.82) is 0 Å². The molecule has 0 unspecified atom stereocenters. The summed E-state index contributed by atoms with van der Waals surface area (Å²) in [5.41, 5.74) is 0.383. The smallest absolute Gasteiger partial charge is 0.406 e. The van der Waals surface area contributed by atoms with Gasteiger partial charge in [-0.15, -0.1) is 13.2 Å². The normalized spacial score (nSPS) is 17.2. The summed E-state index contributed by atoms with van der Waals surface area (Å²) >= 11 is 0. The van der Waals surface area contributed by atoms with Gasteiger partial charge in [-0.1, -0.05) is 0 Å². The van der Waals surface area contributed by atoms with Crippen LogP contribution in [0, 0.1) is 5.41 Å². The van der Waals surface area contributed by atoms with Crippen molar-refractivity contribution in [3.8, 4) is 17.1 Å². The van der Waals surface area contributed by atoms with Crippen molar-refractivity contribution in [2.24, 2.45) is 5.41 Å². The molecular formula is C23H25F3N8O4S. The minimum absolute atomic E-state index is 0.0517. The molecule has 0 atom stereocenters. The zero-order valence-corrected chi connectivity index (χ0v) is 21.8. The topological polar surface area (TPSA) is 135 Å². The number of carbonyl (C=O) groups excluding carboxylic acids is 1. The third-order valence-corrected chi connectivity index (χ3v) is 7.62. The number of rotatable bonds is 6. The largest absolute Gasteiger partial charge is 0.573 e. The Kier molecular flexibility index (Phi) is 6.60. The van der Waals surface area contributed by atoms with E-state index in [2.05, 4.69) is 30.1 Å². The summed E-state index contributed by atoms with van der Waals surface area (Å²) < 4.78 is 66.6. The Morgan fingerprint density at radius 2 is 1.85 bits per heavy atom. The number of likely N-dealkylation sites (tertiary alicyclic amines) is 1. The van der Waals surface area contributed by atoms with Crippen LogP contribution in [-0.2, 0) is 14.8 Å². The Morgan fingerprint density at radius 3 is 2.46 bits per heavy atom. The molecule has 12 nitrogen and oxygen atoms in total. The van der Waals surface area contributed by atoms with Gasteiger partial charge >= 0.3 is 6.36 Å². The third-order valence-electron chi connectivity index (χ3n) is 6.74. The van der Waals surface area contributed by atoms with Crippen LogP contribution in [0.3, 0.4) is 0 Å². The Morgan fingerprint density at radius 1 is 1.13 bits per heavy atom. The van der Waals surface area contributed by atoms with Crippen molar-refractivity contribution in [3.63, 3.8) is 0 Å². The van der Waals surface area contributed by atoms with Gasteiger partial charge in [0.25, 0.3) is 10.0 Å². The highest BCUT2D eigenvalue weighted by Crippen LogP contribution is 2.43. The quantitative estimate of drug-likeness (QED) is 0.474. The van der Waals surface area contributed by atoms with E-state index in [1.165, 1.54) is 12.4 Å². The van der Waals surface area contributed by atoms with Crippen LogP contribution in [-0.4, -0.2) is 82.2 Å². The van der Waals surface area contributed by atoms with Crippen LogP contribution in [0.1, 0.15) is 19.8 Å². The second-order valence-corrected chi connectivity index (χ2v) is 11.6. The Bertz CT molecular complexity index is 1490. The van der Waals surface area contributed by atoms with Gasteiger partial charge < -0.3 is 19.9 Å². The number of carbonyl (C=O) groups is 1. The number of alkyl halides is 3. The van der Waals surface area contributed by atoms with Crippen LogP contribution >= 0.6 is 0 Å². The second kappa shape index (κ2) is 9.66. The van der Waals surface area contributed by atoms with E-state index in [9.17, 15) is 26.4 Å². The Balaban J connectivity index is 1.42. The molecule has 3 aromatic rings.